The molecule has 1 aliphatic rings. The minimum atomic E-state index is -0.263. The summed E-state index contributed by atoms with van der Waals surface area (Å²) < 4.78 is 10.0. The average Bonchev–Trinajstić information content (AvgIpc) is 2.20. The van der Waals surface area contributed by atoms with Crippen LogP contribution in [0.1, 0.15) is 19.8 Å². The van der Waals surface area contributed by atoms with Gasteiger partial charge in [-0.25, -0.2) is 4.79 Å². The van der Waals surface area contributed by atoms with Gasteiger partial charge >= 0.3 is 5.97 Å². The van der Waals surface area contributed by atoms with Gasteiger partial charge in [0.2, 0.25) is 0 Å². The summed E-state index contributed by atoms with van der Waals surface area (Å²) in [5, 5.41) is 3.29. The van der Waals surface area contributed by atoms with E-state index in [4.69, 9.17) is 9.47 Å². The van der Waals surface area contributed by atoms with Gasteiger partial charge in [0.25, 0.3) is 0 Å². The summed E-state index contributed by atoms with van der Waals surface area (Å²) in [4.78, 5) is 10.9. The number of esters is 1. The smallest absolute Gasteiger partial charge is 0.332 e. The third-order valence-electron chi connectivity index (χ3n) is 2.34. The van der Waals surface area contributed by atoms with Gasteiger partial charge in [0, 0.05) is 0 Å². The Hall–Kier alpha value is -0.320. The highest BCUT2D eigenvalue weighted by atomic mass is 35.5. The van der Waals surface area contributed by atoms with Crippen LogP contribution in [0.3, 0.4) is 0 Å². The summed E-state index contributed by atoms with van der Waals surface area (Å²) >= 11 is 0. The summed E-state index contributed by atoms with van der Waals surface area (Å²) in [6, 6.07) is 0. The molecule has 0 bridgehead atoms. The predicted molar refractivity (Wildman–Crippen MR) is 60.3 cm³/mol. The number of piperidine rings is 1. The van der Waals surface area contributed by atoms with E-state index in [9.17, 15) is 4.79 Å². The van der Waals surface area contributed by atoms with Crippen molar-refractivity contribution in [3.05, 3.63) is 0 Å². The van der Waals surface area contributed by atoms with Crippen LogP contribution >= 0.6 is 12.4 Å². The molecule has 5 heteroatoms. The van der Waals surface area contributed by atoms with Crippen LogP contribution in [0.15, 0.2) is 0 Å². The zero-order chi connectivity index (χ0) is 10.2. The van der Waals surface area contributed by atoms with E-state index in [-0.39, 0.29) is 25.0 Å². The number of nitrogens with one attached hydrogen (secondary N) is 1. The fourth-order valence-electron chi connectivity index (χ4n) is 1.56. The van der Waals surface area contributed by atoms with E-state index in [1.54, 1.807) is 6.92 Å². The summed E-state index contributed by atoms with van der Waals surface area (Å²) in [5.74, 6) is 0.340. The molecule has 0 aliphatic carbocycles. The molecule has 4 nitrogen and oxygen atoms in total. The molecule has 0 aromatic rings. The Morgan fingerprint density at radius 2 is 2.07 bits per heavy atom. The van der Waals surface area contributed by atoms with Crippen LogP contribution in [0, 0.1) is 5.92 Å². The second kappa shape index (κ2) is 8.95. The maximum Gasteiger partial charge on any atom is 0.332 e. The Bertz CT molecular complexity index is 172. The standard InChI is InChI=1S/C10H19NO3.ClH/c1-2-14-10(12)8-13-7-9-3-5-11-6-4-9;/h9,11H,2-8H2,1H3;1H. The largest absolute Gasteiger partial charge is 0.464 e. The first-order chi connectivity index (χ1) is 6.83. The Labute approximate surface area is 97.1 Å². The monoisotopic (exact) mass is 237 g/mol. The molecule has 0 radical (unpaired) electrons. The first-order valence-corrected chi connectivity index (χ1v) is 5.27. The van der Waals surface area contributed by atoms with E-state index in [1.807, 2.05) is 0 Å². The summed E-state index contributed by atoms with van der Waals surface area (Å²) in [5.41, 5.74) is 0. The zero-order valence-electron chi connectivity index (χ0n) is 9.16. The van der Waals surface area contributed by atoms with Crippen molar-refractivity contribution in [3.63, 3.8) is 0 Å². The van der Waals surface area contributed by atoms with E-state index in [0.717, 1.165) is 25.9 Å². The molecule has 1 aliphatic heterocycles. The molecule has 1 rings (SSSR count). The topological polar surface area (TPSA) is 47.6 Å². The van der Waals surface area contributed by atoms with E-state index in [0.29, 0.717) is 19.1 Å². The van der Waals surface area contributed by atoms with Crippen LogP contribution in [0.25, 0.3) is 0 Å². The highest BCUT2D eigenvalue weighted by Gasteiger charge is 2.13. The predicted octanol–water partition coefficient (Wildman–Crippen LogP) is 0.988. The molecule has 90 valence electrons. The Balaban J connectivity index is 0.00000196. The lowest BCUT2D eigenvalue weighted by atomic mass is 9.99. The van der Waals surface area contributed by atoms with E-state index in [2.05, 4.69) is 5.32 Å². The lowest BCUT2D eigenvalue weighted by molar-refractivity contribution is -0.148. The SMILES string of the molecule is CCOC(=O)COCC1CCNCC1.Cl. The minimum Gasteiger partial charge on any atom is -0.464 e. The Morgan fingerprint density at radius 3 is 2.67 bits per heavy atom. The second-order valence-corrected chi connectivity index (χ2v) is 3.51. The molecular formula is C10H20ClNO3. The number of hydrogen-bond donors (Lipinski definition) is 1. The van der Waals surface area contributed by atoms with E-state index >= 15 is 0 Å². The molecule has 0 atom stereocenters. The van der Waals surface area contributed by atoms with Gasteiger partial charge in [-0.2, -0.15) is 0 Å². The fourth-order valence-corrected chi connectivity index (χ4v) is 1.56. The molecule has 0 saturated carbocycles. The van der Waals surface area contributed by atoms with Gasteiger partial charge in [-0.1, -0.05) is 0 Å². The van der Waals surface area contributed by atoms with Crippen molar-refractivity contribution >= 4 is 18.4 Å². The van der Waals surface area contributed by atoms with Gasteiger partial charge in [-0.05, 0) is 38.8 Å². The molecule has 0 aromatic heterocycles. The Kier molecular flexibility index (Phi) is 8.76. The molecule has 0 spiro atoms. The minimum absolute atomic E-state index is 0. The van der Waals surface area contributed by atoms with Crippen LogP contribution in [-0.4, -0.2) is 38.9 Å². The maximum atomic E-state index is 10.9. The molecule has 1 heterocycles. The molecule has 1 N–H and O–H groups in total. The van der Waals surface area contributed by atoms with Gasteiger partial charge in [0.05, 0.1) is 13.2 Å². The van der Waals surface area contributed by atoms with Crippen LogP contribution in [-0.2, 0) is 14.3 Å². The molecule has 0 amide bonds. The van der Waals surface area contributed by atoms with Crippen molar-refractivity contribution in [2.45, 2.75) is 19.8 Å². The van der Waals surface area contributed by atoms with E-state index in [1.165, 1.54) is 0 Å². The Morgan fingerprint density at radius 1 is 1.40 bits per heavy atom. The second-order valence-electron chi connectivity index (χ2n) is 3.51. The number of halogens is 1. The lowest BCUT2D eigenvalue weighted by Gasteiger charge is -2.21. The van der Waals surface area contributed by atoms with Crippen molar-refractivity contribution < 1.29 is 14.3 Å². The number of carbonyl (C=O) groups is 1. The summed E-state index contributed by atoms with van der Waals surface area (Å²) in [6.45, 7) is 5.12. The molecular weight excluding hydrogens is 218 g/mol. The van der Waals surface area contributed by atoms with Crippen LogP contribution in [0.4, 0.5) is 0 Å². The highest BCUT2D eigenvalue weighted by molar-refractivity contribution is 5.85. The fraction of sp³-hybridized carbons (Fsp3) is 0.900. The third-order valence-corrected chi connectivity index (χ3v) is 2.34. The van der Waals surface area contributed by atoms with Crippen LogP contribution in [0.5, 0.6) is 0 Å². The van der Waals surface area contributed by atoms with E-state index < -0.39 is 0 Å². The van der Waals surface area contributed by atoms with Crippen molar-refractivity contribution in [1.82, 2.24) is 5.32 Å². The normalized spacial score (nSPS) is 16.9. The number of rotatable bonds is 5. The quantitative estimate of drug-likeness (QED) is 0.725. The lowest BCUT2D eigenvalue weighted by Crippen LogP contribution is -2.30. The van der Waals surface area contributed by atoms with Crippen molar-refractivity contribution in [3.8, 4) is 0 Å². The first kappa shape index (κ1) is 14.7. The van der Waals surface area contributed by atoms with Gasteiger partial charge in [0.15, 0.2) is 0 Å². The van der Waals surface area contributed by atoms with Gasteiger partial charge in [-0.3, -0.25) is 0 Å². The maximum absolute atomic E-state index is 10.9. The highest BCUT2D eigenvalue weighted by Crippen LogP contribution is 2.11. The molecule has 15 heavy (non-hydrogen) atoms. The number of ether oxygens (including phenoxy) is 2. The van der Waals surface area contributed by atoms with Gasteiger partial charge < -0.3 is 14.8 Å². The molecule has 1 saturated heterocycles. The first-order valence-electron chi connectivity index (χ1n) is 5.27. The van der Waals surface area contributed by atoms with Crippen molar-refractivity contribution in [2.75, 3.05) is 32.9 Å². The van der Waals surface area contributed by atoms with Gasteiger partial charge in [-0.15, -0.1) is 12.4 Å². The van der Waals surface area contributed by atoms with Crippen LogP contribution in [0.2, 0.25) is 0 Å². The average molecular weight is 238 g/mol. The van der Waals surface area contributed by atoms with Crippen molar-refractivity contribution in [2.24, 2.45) is 5.92 Å². The van der Waals surface area contributed by atoms with Crippen molar-refractivity contribution in [1.29, 1.82) is 0 Å². The molecule has 1 fully saturated rings. The molecule has 0 aromatic carbocycles. The zero-order valence-corrected chi connectivity index (χ0v) is 9.98. The van der Waals surface area contributed by atoms with Crippen LogP contribution < -0.4 is 5.32 Å². The van der Waals surface area contributed by atoms with Gasteiger partial charge in [0.1, 0.15) is 6.61 Å². The molecule has 0 unspecified atom stereocenters. The number of hydrogen-bond acceptors (Lipinski definition) is 4. The summed E-state index contributed by atoms with van der Waals surface area (Å²) in [7, 11) is 0. The third kappa shape index (κ3) is 6.71. The summed E-state index contributed by atoms with van der Waals surface area (Å²) in [6.07, 6.45) is 2.28. The number of carbonyl (C=O) groups excluding carboxylic acids is 1.